The molecule has 0 saturated heterocycles. The predicted octanol–water partition coefficient (Wildman–Crippen LogP) is 3.33. The van der Waals surface area contributed by atoms with E-state index in [1.807, 2.05) is 18.2 Å². The molecule has 0 saturated carbocycles. The van der Waals surface area contributed by atoms with Gasteiger partial charge in [-0.25, -0.2) is 12.7 Å². The quantitative estimate of drug-likeness (QED) is 0.887. The minimum Gasteiger partial charge on any atom is -0.322 e. The Morgan fingerprint density at radius 1 is 1.08 bits per heavy atom. The third-order valence-corrected chi connectivity index (χ3v) is 6.46. The van der Waals surface area contributed by atoms with Crippen molar-refractivity contribution >= 4 is 33.2 Å². The van der Waals surface area contributed by atoms with Gasteiger partial charge in [-0.2, -0.15) is 0 Å². The van der Waals surface area contributed by atoms with E-state index in [0.29, 0.717) is 5.69 Å². The number of hydrogen-bond donors (Lipinski definition) is 1. The Morgan fingerprint density at radius 2 is 1.80 bits per heavy atom. The van der Waals surface area contributed by atoms with Crippen molar-refractivity contribution in [3.8, 4) is 0 Å². The van der Waals surface area contributed by atoms with Crippen molar-refractivity contribution in [2.45, 2.75) is 24.2 Å². The first-order valence-electron chi connectivity index (χ1n) is 7.94. The minimum atomic E-state index is -3.64. The molecule has 1 aliphatic rings. The van der Waals surface area contributed by atoms with E-state index in [-0.39, 0.29) is 15.5 Å². The summed E-state index contributed by atoms with van der Waals surface area (Å²) in [7, 11) is -0.758. The number of nitrogens with one attached hydrogen (secondary N) is 1. The van der Waals surface area contributed by atoms with Gasteiger partial charge in [0.2, 0.25) is 10.0 Å². The maximum Gasteiger partial charge on any atom is 0.257 e. The molecule has 5 nitrogen and oxygen atoms in total. The van der Waals surface area contributed by atoms with Gasteiger partial charge in [-0.15, -0.1) is 0 Å². The molecule has 1 N–H and O–H groups in total. The Morgan fingerprint density at radius 3 is 2.52 bits per heavy atom. The van der Waals surface area contributed by atoms with Crippen LogP contribution in [0.15, 0.2) is 41.3 Å². The number of aryl methyl sites for hydroxylation is 2. The molecule has 0 aromatic heterocycles. The van der Waals surface area contributed by atoms with Gasteiger partial charge in [0.1, 0.15) is 0 Å². The Bertz CT molecular complexity index is 939. The highest BCUT2D eigenvalue weighted by molar-refractivity contribution is 7.89. The molecule has 132 valence electrons. The number of amides is 1. The van der Waals surface area contributed by atoms with Crippen molar-refractivity contribution in [3.63, 3.8) is 0 Å². The number of halogens is 1. The molecule has 0 aliphatic heterocycles. The zero-order valence-electron chi connectivity index (χ0n) is 14.0. The largest absolute Gasteiger partial charge is 0.322 e. The summed E-state index contributed by atoms with van der Waals surface area (Å²) in [5.74, 6) is -0.432. The summed E-state index contributed by atoms with van der Waals surface area (Å²) in [5.41, 5.74) is 3.37. The van der Waals surface area contributed by atoms with Crippen molar-refractivity contribution in [1.82, 2.24) is 4.31 Å². The lowest BCUT2D eigenvalue weighted by Crippen LogP contribution is -2.23. The van der Waals surface area contributed by atoms with Gasteiger partial charge in [0, 0.05) is 19.8 Å². The lowest BCUT2D eigenvalue weighted by Gasteiger charge is -2.13. The number of carbonyl (C=O) groups is 1. The smallest absolute Gasteiger partial charge is 0.257 e. The van der Waals surface area contributed by atoms with Crippen LogP contribution in [0.2, 0.25) is 5.02 Å². The number of benzene rings is 2. The Balaban J connectivity index is 1.89. The van der Waals surface area contributed by atoms with E-state index in [0.717, 1.165) is 23.6 Å². The predicted molar refractivity (Wildman–Crippen MR) is 98.7 cm³/mol. The van der Waals surface area contributed by atoms with Crippen LogP contribution in [0.25, 0.3) is 0 Å². The second-order valence-electron chi connectivity index (χ2n) is 6.22. The highest BCUT2D eigenvalue weighted by Crippen LogP contribution is 2.26. The zero-order valence-corrected chi connectivity index (χ0v) is 15.6. The highest BCUT2D eigenvalue weighted by atomic mass is 35.5. The molecule has 7 heteroatoms. The number of anilines is 1. The Labute approximate surface area is 152 Å². The van der Waals surface area contributed by atoms with Crippen molar-refractivity contribution in [3.05, 3.63) is 58.1 Å². The summed E-state index contributed by atoms with van der Waals surface area (Å²) in [6.45, 7) is 0. The van der Waals surface area contributed by atoms with Crippen LogP contribution in [0.4, 0.5) is 5.69 Å². The van der Waals surface area contributed by atoms with Crippen LogP contribution in [-0.4, -0.2) is 32.7 Å². The van der Waals surface area contributed by atoms with Gasteiger partial charge in [-0.05, 0) is 60.7 Å². The Kier molecular flexibility index (Phi) is 4.86. The standard InChI is InChI=1S/C18H19ClN2O3S/c1-21(2)25(23,24)15-8-9-17(19)16(11-15)18(22)20-14-7-6-12-4-3-5-13(12)10-14/h6-11H,3-5H2,1-2H3,(H,20,22). The van der Waals surface area contributed by atoms with Crippen LogP contribution in [-0.2, 0) is 22.9 Å². The average Bonchev–Trinajstić information content (AvgIpc) is 3.02. The van der Waals surface area contributed by atoms with E-state index < -0.39 is 15.9 Å². The molecule has 0 atom stereocenters. The molecule has 0 unspecified atom stereocenters. The van der Waals surface area contributed by atoms with Crippen LogP contribution in [0.3, 0.4) is 0 Å². The van der Waals surface area contributed by atoms with E-state index >= 15 is 0 Å². The first-order valence-corrected chi connectivity index (χ1v) is 9.76. The molecule has 25 heavy (non-hydrogen) atoms. The lowest BCUT2D eigenvalue weighted by molar-refractivity contribution is 0.102. The number of sulfonamides is 1. The molecule has 0 heterocycles. The van der Waals surface area contributed by atoms with Crippen LogP contribution >= 0.6 is 11.6 Å². The first-order chi connectivity index (χ1) is 11.8. The summed E-state index contributed by atoms with van der Waals surface area (Å²) in [6.07, 6.45) is 3.21. The van der Waals surface area contributed by atoms with E-state index in [1.165, 1.54) is 43.4 Å². The monoisotopic (exact) mass is 378 g/mol. The molecule has 0 radical (unpaired) electrons. The normalized spacial score (nSPS) is 13.8. The number of carbonyl (C=O) groups excluding carboxylic acids is 1. The maximum atomic E-state index is 12.6. The van der Waals surface area contributed by atoms with Crippen molar-refractivity contribution < 1.29 is 13.2 Å². The second kappa shape index (κ2) is 6.78. The van der Waals surface area contributed by atoms with Crippen LogP contribution in [0.5, 0.6) is 0 Å². The van der Waals surface area contributed by atoms with Gasteiger partial charge in [-0.3, -0.25) is 4.79 Å². The fourth-order valence-electron chi connectivity index (χ4n) is 2.90. The van der Waals surface area contributed by atoms with Gasteiger partial charge in [0.15, 0.2) is 0 Å². The van der Waals surface area contributed by atoms with Gasteiger partial charge in [0.25, 0.3) is 5.91 Å². The van der Waals surface area contributed by atoms with E-state index in [2.05, 4.69) is 5.32 Å². The summed E-state index contributed by atoms with van der Waals surface area (Å²) in [5, 5.41) is 3.01. The Hall–Kier alpha value is -1.89. The molecule has 0 fully saturated rings. The SMILES string of the molecule is CN(C)S(=O)(=O)c1ccc(Cl)c(C(=O)Nc2ccc3c(c2)CCC3)c1. The molecular formula is C18H19ClN2O3S. The fraction of sp³-hybridized carbons (Fsp3) is 0.278. The van der Waals surface area contributed by atoms with Crippen molar-refractivity contribution in [2.75, 3.05) is 19.4 Å². The van der Waals surface area contributed by atoms with Gasteiger partial charge in [0.05, 0.1) is 15.5 Å². The first kappa shape index (κ1) is 17.9. The van der Waals surface area contributed by atoms with E-state index in [9.17, 15) is 13.2 Å². The summed E-state index contributed by atoms with van der Waals surface area (Å²) in [6, 6.07) is 9.97. The van der Waals surface area contributed by atoms with Crippen LogP contribution in [0.1, 0.15) is 27.9 Å². The minimum absolute atomic E-state index is 0.0287. The number of nitrogens with zero attached hydrogens (tertiary/aromatic N) is 1. The molecular weight excluding hydrogens is 360 g/mol. The molecule has 1 amide bonds. The molecule has 2 aromatic rings. The van der Waals surface area contributed by atoms with Crippen LogP contribution in [0, 0.1) is 0 Å². The molecule has 2 aromatic carbocycles. The maximum absolute atomic E-state index is 12.6. The third kappa shape index (κ3) is 3.56. The van der Waals surface area contributed by atoms with E-state index in [1.54, 1.807) is 0 Å². The molecule has 1 aliphatic carbocycles. The van der Waals surface area contributed by atoms with Gasteiger partial charge >= 0.3 is 0 Å². The zero-order chi connectivity index (χ0) is 18.2. The highest BCUT2D eigenvalue weighted by Gasteiger charge is 2.21. The molecule has 3 rings (SSSR count). The molecule has 0 spiro atoms. The fourth-order valence-corrected chi connectivity index (χ4v) is 4.03. The topological polar surface area (TPSA) is 66.5 Å². The van der Waals surface area contributed by atoms with Crippen LogP contribution < -0.4 is 5.32 Å². The van der Waals surface area contributed by atoms with E-state index in [4.69, 9.17) is 11.6 Å². The molecule has 0 bridgehead atoms. The number of rotatable bonds is 4. The van der Waals surface area contributed by atoms with Gasteiger partial charge in [-0.1, -0.05) is 17.7 Å². The lowest BCUT2D eigenvalue weighted by atomic mass is 10.1. The number of fused-ring (bicyclic) bond motifs is 1. The summed E-state index contributed by atoms with van der Waals surface area (Å²) >= 11 is 6.11. The average molecular weight is 379 g/mol. The number of hydrogen-bond acceptors (Lipinski definition) is 3. The van der Waals surface area contributed by atoms with Gasteiger partial charge < -0.3 is 5.32 Å². The summed E-state index contributed by atoms with van der Waals surface area (Å²) < 4.78 is 25.6. The van der Waals surface area contributed by atoms with Crippen molar-refractivity contribution in [2.24, 2.45) is 0 Å². The third-order valence-electron chi connectivity index (χ3n) is 4.32. The second-order valence-corrected chi connectivity index (χ2v) is 8.78. The summed E-state index contributed by atoms with van der Waals surface area (Å²) in [4.78, 5) is 12.6. The van der Waals surface area contributed by atoms with Crippen molar-refractivity contribution in [1.29, 1.82) is 0 Å².